The quantitative estimate of drug-likeness (QED) is 0.201. The van der Waals surface area contributed by atoms with Gasteiger partial charge in [0.05, 0.1) is 0 Å². The molecule has 0 atom stereocenters. The van der Waals surface area contributed by atoms with E-state index in [2.05, 4.69) is 149 Å². The van der Waals surface area contributed by atoms with Crippen LogP contribution >= 0.6 is 11.3 Å². The first-order valence-corrected chi connectivity index (χ1v) is 15.2. The van der Waals surface area contributed by atoms with Crippen LogP contribution < -0.4 is 10.4 Å². The highest BCUT2D eigenvalue weighted by Crippen LogP contribution is 2.32. The number of rotatable bonds is 3. The molecule has 1 heterocycles. The van der Waals surface area contributed by atoms with E-state index in [1.54, 1.807) is 0 Å². The number of fused-ring (bicyclic) bond motifs is 1. The van der Waals surface area contributed by atoms with Crippen LogP contribution in [0.5, 0.6) is 0 Å². The molecule has 0 unspecified atom stereocenters. The van der Waals surface area contributed by atoms with Gasteiger partial charge in [-0.25, -0.2) is 0 Å². The van der Waals surface area contributed by atoms with Crippen molar-refractivity contribution in [3.63, 3.8) is 0 Å². The van der Waals surface area contributed by atoms with Gasteiger partial charge in [0.1, 0.15) is 0 Å². The Balaban J connectivity index is 0.000000150. The molecule has 0 aliphatic rings. The fourth-order valence-corrected chi connectivity index (χ4v) is 5.71. The fourth-order valence-electron chi connectivity index (χ4n) is 4.84. The summed E-state index contributed by atoms with van der Waals surface area (Å²) in [5.74, 6) is 0. The molecule has 0 fully saturated rings. The minimum absolute atomic E-state index is 1.08. The number of benzene rings is 5. The Bertz CT molecular complexity index is 1890. The van der Waals surface area contributed by atoms with Crippen LogP contribution in [-0.4, -0.2) is 0 Å². The summed E-state index contributed by atoms with van der Waals surface area (Å²) in [7, 11) is 0. The molecule has 0 saturated heterocycles. The lowest BCUT2D eigenvalue weighted by Gasteiger charge is -2.09. The maximum absolute atomic E-state index is 4.05. The zero-order valence-electron chi connectivity index (χ0n) is 25.4. The first kappa shape index (κ1) is 30.5. The summed E-state index contributed by atoms with van der Waals surface area (Å²) in [6, 6.07) is 42.4. The molecule has 210 valence electrons. The number of hydrogen-bond donors (Lipinski definition) is 0. The van der Waals surface area contributed by atoms with E-state index in [-0.39, 0.29) is 0 Å². The SMILES string of the molecule is C=C(C)c1ccc(C)cc1.C=c1cccc/c1=C(/C)c1ccccc1.Cc1ccccc1-c1cc2ccsc2cc1C. The highest BCUT2D eigenvalue weighted by molar-refractivity contribution is 7.17. The predicted molar refractivity (Wildman–Crippen MR) is 188 cm³/mol. The van der Waals surface area contributed by atoms with Gasteiger partial charge in [-0.2, -0.15) is 0 Å². The number of aryl methyl sites for hydroxylation is 3. The Hall–Kier alpha value is -4.46. The van der Waals surface area contributed by atoms with Crippen LogP contribution in [-0.2, 0) is 0 Å². The molecule has 42 heavy (non-hydrogen) atoms. The summed E-state index contributed by atoms with van der Waals surface area (Å²) in [6.45, 7) is 18.5. The van der Waals surface area contributed by atoms with Gasteiger partial charge < -0.3 is 0 Å². The molecule has 6 aromatic rings. The van der Waals surface area contributed by atoms with Crippen LogP contribution in [0.3, 0.4) is 0 Å². The smallest absolute Gasteiger partial charge is 0.0345 e. The Morgan fingerprint density at radius 2 is 1.24 bits per heavy atom. The summed E-state index contributed by atoms with van der Waals surface area (Å²) >= 11 is 1.81. The molecule has 0 bridgehead atoms. The first-order chi connectivity index (χ1) is 20.2. The van der Waals surface area contributed by atoms with Crippen molar-refractivity contribution in [2.24, 2.45) is 0 Å². The average molecular weight is 565 g/mol. The van der Waals surface area contributed by atoms with Crippen LogP contribution in [0.15, 0.2) is 133 Å². The molecule has 0 aliphatic heterocycles. The van der Waals surface area contributed by atoms with Crippen molar-refractivity contribution in [2.75, 3.05) is 0 Å². The van der Waals surface area contributed by atoms with E-state index in [1.807, 2.05) is 36.5 Å². The molecular weight excluding hydrogens is 525 g/mol. The Morgan fingerprint density at radius 1 is 0.595 bits per heavy atom. The predicted octanol–water partition coefficient (Wildman–Crippen LogP) is 10.5. The zero-order valence-corrected chi connectivity index (χ0v) is 26.3. The molecule has 0 nitrogen and oxygen atoms in total. The van der Waals surface area contributed by atoms with Gasteiger partial charge in [0.25, 0.3) is 0 Å². The highest BCUT2D eigenvalue weighted by atomic mass is 32.1. The largest absolute Gasteiger partial charge is 0.144 e. The fraction of sp³-hybridized carbons (Fsp3) is 0.122. The van der Waals surface area contributed by atoms with Crippen molar-refractivity contribution in [2.45, 2.75) is 34.6 Å². The van der Waals surface area contributed by atoms with Gasteiger partial charge in [-0.3, -0.25) is 0 Å². The third kappa shape index (κ3) is 7.84. The lowest BCUT2D eigenvalue weighted by Crippen LogP contribution is -2.24. The van der Waals surface area contributed by atoms with Crippen molar-refractivity contribution >= 4 is 39.1 Å². The molecule has 1 heteroatoms. The second-order valence-corrected chi connectivity index (χ2v) is 11.7. The molecule has 0 radical (unpaired) electrons. The third-order valence-electron chi connectivity index (χ3n) is 7.41. The Kier molecular flexibility index (Phi) is 10.5. The van der Waals surface area contributed by atoms with Crippen molar-refractivity contribution in [1.29, 1.82) is 0 Å². The summed E-state index contributed by atoms with van der Waals surface area (Å²) in [5.41, 5.74) is 11.6. The minimum atomic E-state index is 1.08. The summed E-state index contributed by atoms with van der Waals surface area (Å²) in [5, 5.41) is 5.81. The Labute approximate surface area is 255 Å². The number of allylic oxidation sites excluding steroid dienone is 1. The van der Waals surface area contributed by atoms with Crippen LogP contribution in [0.25, 0.3) is 38.9 Å². The van der Waals surface area contributed by atoms with Crippen molar-refractivity contribution in [1.82, 2.24) is 0 Å². The van der Waals surface area contributed by atoms with Gasteiger partial charge >= 0.3 is 0 Å². The van der Waals surface area contributed by atoms with Gasteiger partial charge in [0.2, 0.25) is 0 Å². The second kappa shape index (κ2) is 14.4. The van der Waals surface area contributed by atoms with E-state index >= 15 is 0 Å². The number of thiophene rings is 1. The van der Waals surface area contributed by atoms with E-state index in [4.69, 9.17) is 0 Å². The molecule has 1 aromatic heterocycles. The first-order valence-electron chi connectivity index (χ1n) is 14.3. The summed E-state index contributed by atoms with van der Waals surface area (Å²) in [4.78, 5) is 0. The normalized spacial score (nSPS) is 11.1. The molecule has 6 rings (SSSR count). The molecule has 0 amide bonds. The zero-order chi connectivity index (χ0) is 30.1. The molecule has 0 spiro atoms. The topological polar surface area (TPSA) is 0 Å². The highest BCUT2D eigenvalue weighted by Gasteiger charge is 2.06. The molecule has 0 N–H and O–H groups in total. The lowest BCUT2D eigenvalue weighted by atomic mass is 9.96. The molecular formula is C41H40S. The maximum Gasteiger partial charge on any atom is 0.0345 e. The maximum atomic E-state index is 4.05. The number of hydrogen-bond acceptors (Lipinski definition) is 1. The van der Waals surface area contributed by atoms with Crippen LogP contribution in [0.2, 0.25) is 0 Å². The minimum Gasteiger partial charge on any atom is -0.144 e. The van der Waals surface area contributed by atoms with Crippen LogP contribution in [0, 0.1) is 20.8 Å². The average Bonchev–Trinajstić information content (AvgIpc) is 3.46. The van der Waals surface area contributed by atoms with Gasteiger partial charge in [-0.15, -0.1) is 11.3 Å². The van der Waals surface area contributed by atoms with Crippen molar-refractivity contribution < 1.29 is 0 Å². The van der Waals surface area contributed by atoms with Crippen LogP contribution in [0.4, 0.5) is 0 Å². The van der Waals surface area contributed by atoms with E-state index in [0.717, 1.165) is 10.8 Å². The van der Waals surface area contributed by atoms with E-state index < -0.39 is 0 Å². The molecule has 0 aliphatic carbocycles. The second-order valence-electron chi connectivity index (χ2n) is 10.7. The van der Waals surface area contributed by atoms with Crippen LogP contribution in [0.1, 0.15) is 41.7 Å². The summed E-state index contributed by atoms with van der Waals surface area (Å²) in [6.07, 6.45) is 0. The van der Waals surface area contributed by atoms with E-state index in [9.17, 15) is 0 Å². The van der Waals surface area contributed by atoms with E-state index in [0.29, 0.717) is 0 Å². The van der Waals surface area contributed by atoms with Crippen molar-refractivity contribution in [3.8, 4) is 11.1 Å². The Morgan fingerprint density at radius 3 is 1.90 bits per heavy atom. The molecule has 5 aromatic carbocycles. The van der Waals surface area contributed by atoms with Gasteiger partial charge in [-0.05, 0) is 113 Å². The molecule has 0 saturated carbocycles. The lowest BCUT2D eigenvalue weighted by molar-refractivity contribution is 1.42. The summed E-state index contributed by atoms with van der Waals surface area (Å²) < 4.78 is 1.37. The standard InChI is InChI=1S/C16H14S.C15H14.C10H12/c1-11-5-3-4-6-14(11)15-10-13-7-8-17-16(13)9-12(15)2;1-12-8-6-7-11-15(12)13(2)14-9-4-3-5-10-14;1-8(2)10-6-4-9(3)5-7-10/h3-10H,1-2H3;3-11H,1H2,2H3;4-7H,1H2,2-3H3/b;15-13+;. The van der Waals surface area contributed by atoms with Gasteiger partial charge in [0, 0.05) is 4.70 Å². The van der Waals surface area contributed by atoms with E-state index in [1.165, 1.54) is 59.8 Å². The third-order valence-corrected chi connectivity index (χ3v) is 8.29. The van der Waals surface area contributed by atoms with Gasteiger partial charge in [0.15, 0.2) is 0 Å². The van der Waals surface area contributed by atoms with Crippen molar-refractivity contribution in [3.05, 3.63) is 172 Å². The van der Waals surface area contributed by atoms with Gasteiger partial charge in [-0.1, -0.05) is 127 Å². The monoisotopic (exact) mass is 564 g/mol.